The number of likely N-dealkylation sites (tertiary alicyclic amines) is 1. The van der Waals surface area contributed by atoms with Crippen molar-refractivity contribution in [1.29, 1.82) is 10.8 Å². The number of hydrogen-bond donors (Lipinski definition) is 6. The first-order valence-corrected chi connectivity index (χ1v) is 13.7. The number of nitrogens with two attached hydrogens (primary N) is 1. The van der Waals surface area contributed by atoms with E-state index in [9.17, 15) is 36.2 Å². The fourth-order valence-corrected chi connectivity index (χ4v) is 3.71. The second kappa shape index (κ2) is 17.6. The van der Waals surface area contributed by atoms with Crippen molar-refractivity contribution in [2.75, 3.05) is 26.3 Å². The molecule has 47 heavy (non-hydrogen) atoms. The van der Waals surface area contributed by atoms with E-state index in [1.165, 1.54) is 0 Å². The van der Waals surface area contributed by atoms with Gasteiger partial charge in [0.15, 0.2) is 11.5 Å². The number of benzene rings is 2. The lowest BCUT2D eigenvalue weighted by atomic mass is 10.0. The Morgan fingerprint density at radius 3 is 1.81 bits per heavy atom. The number of nitrogen functional groups attached to an aromatic ring is 1. The lowest BCUT2D eigenvalue weighted by molar-refractivity contribution is -0.193. The van der Waals surface area contributed by atoms with Crippen LogP contribution >= 0.6 is 0 Å². The van der Waals surface area contributed by atoms with Crippen LogP contribution in [0.5, 0.6) is 11.5 Å². The van der Waals surface area contributed by atoms with E-state index in [0.717, 1.165) is 25.9 Å². The maximum atomic E-state index is 11.8. The Bertz CT molecular complexity index is 1400. The molecule has 18 heteroatoms. The molecule has 1 aliphatic heterocycles. The number of aliphatic carboxylic acids is 2. The molecule has 1 heterocycles. The Morgan fingerprint density at radius 2 is 1.36 bits per heavy atom. The first-order valence-electron chi connectivity index (χ1n) is 13.7. The van der Waals surface area contributed by atoms with E-state index < -0.39 is 30.3 Å². The van der Waals surface area contributed by atoms with Crippen LogP contribution in [0.1, 0.15) is 53.7 Å². The van der Waals surface area contributed by atoms with Crippen molar-refractivity contribution >= 4 is 29.6 Å². The van der Waals surface area contributed by atoms with E-state index >= 15 is 0 Å². The summed E-state index contributed by atoms with van der Waals surface area (Å²) in [5.41, 5.74) is 7.66. The summed E-state index contributed by atoms with van der Waals surface area (Å²) in [6, 6.07) is 10.1. The van der Waals surface area contributed by atoms with E-state index in [0.29, 0.717) is 53.0 Å². The molecule has 0 aromatic heterocycles. The second-order valence-electron chi connectivity index (χ2n) is 10.2. The maximum absolute atomic E-state index is 11.8. The van der Waals surface area contributed by atoms with Gasteiger partial charge in [0.2, 0.25) is 0 Å². The molecule has 1 aliphatic rings. The monoisotopic (exact) mass is 680 g/mol. The molecule has 0 amide bonds. The normalized spacial score (nSPS) is 12.7. The van der Waals surface area contributed by atoms with Crippen LogP contribution in [-0.2, 0) is 16.0 Å². The van der Waals surface area contributed by atoms with E-state index in [4.69, 9.17) is 45.8 Å². The number of carbonyl (C=O) groups is 3. The van der Waals surface area contributed by atoms with Gasteiger partial charge in [0, 0.05) is 30.6 Å². The van der Waals surface area contributed by atoms with Gasteiger partial charge in [0.1, 0.15) is 11.7 Å². The number of carboxylic acids is 3. The van der Waals surface area contributed by atoms with Crippen molar-refractivity contribution < 1.29 is 65.5 Å². The van der Waals surface area contributed by atoms with Gasteiger partial charge in [0.05, 0.1) is 18.8 Å². The van der Waals surface area contributed by atoms with Gasteiger partial charge in [-0.25, -0.2) is 14.4 Å². The molecule has 0 unspecified atom stereocenters. The zero-order valence-corrected chi connectivity index (χ0v) is 25.2. The molecule has 1 fully saturated rings. The summed E-state index contributed by atoms with van der Waals surface area (Å²) in [5.74, 6) is -4.83. The smallest absolute Gasteiger partial charge is 0.489 e. The highest BCUT2D eigenvalue weighted by Gasteiger charge is 2.38. The fraction of sp³-hybridized carbons (Fsp3) is 0.414. The largest absolute Gasteiger partial charge is 0.490 e. The predicted octanol–water partition coefficient (Wildman–Crippen LogP) is 5.01. The molecule has 0 atom stereocenters. The molecule has 0 aliphatic carbocycles. The van der Waals surface area contributed by atoms with Crippen molar-refractivity contribution in [3.63, 3.8) is 0 Å². The summed E-state index contributed by atoms with van der Waals surface area (Å²) < 4.78 is 75.3. The SMILES string of the molecule is CC(C)COc1ccc(C(=N)N)cc1OCCc1cc(C(=N)N2CCCC2)ccc1C(=O)O.O=C(O)C(F)(F)F.O=C(O)C(F)(F)F. The minimum absolute atomic E-state index is 0.0726. The summed E-state index contributed by atoms with van der Waals surface area (Å²) in [5, 5.41) is 40.0. The van der Waals surface area contributed by atoms with Gasteiger partial charge in [0.25, 0.3) is 0 Å². The molecule has 0 saturated carbocycles. The third-order valence-electron chi connectivity index (χ3n) is 5.97. The number of hydrogen-bond acceptors (Lipinski definition) is 7. The third kappa shape index (κ3) is 13.9. The van der Waals surface area contributed by atoms with E-state index in [1.54, 1.807) is 36.4 Å². The highest BCUT2D eigenvalue weighted by atomic mass is 19.4. The standard InChI is InChI=1S/C25H32N4O4.2C2HF3O2/c1-16(2)15-33-21-8-6-18(23(26)27)14-22(21)32-12-9-17-13-19(5-7-20(17)25(30)31)24(28)29-10-3-4-11-29;2*3-2(4,5)1(6)7/h5-8,13-14,16,28H,3-4,9-12,15H2,1-2H3,(H3,26,27)(H,30,31);2*(H,6,7). The minimum atomic E-state index is -5.08. The Labute approximate surface area is 264 Å². The molecule has 2 aromatic carbocycles. The van der Waals surface area contributed by atoms with E-state index in [1.807, 2.05) is 18.7 Å². The van der Waals surface area contributed by atoms with Crippen molar-refractivity contribution in [2.24, 2.45) is 11.7 Å². The first-order chi connectivity index (χ1) is 21.6. The zero-order valence-electron chi connectivity index (χ0n) is 25.2. The summed E-state index contributed by atoms with van der Waals surface area (Å²) in [7, 11) is 0. The van der Waals surface area contributed by atoms with Gasteiger partial charge < -0.3 is 35.4 Å². The summed E-state index contributed by atoms with van der Waals surface area (Å²) in [4.78, 5) is 31.6. The molecule has 3 rings (SSSR count). The van der Waals surface area contributed by atoms with Gasteiger partial charge in [-0.15, -0.1) is 0 Å². The van der Waals surface area contributed by atoms with Crippen molar-refractivity contribution in [1.82, 2.24) is 4.90 Å². The number of ether oxygens (including phenoxy) is 2. The number of carboxylic acid groups (broad SMARTS) is 3. The fourth-order valence-electron chi connectivity index (χ4n) is 3.71. The highest BCUT2D eigenvalue weighted by molar-refractivity contribution is 5.98. The van der Waals surface area contributed by atoms with Crippen LogP contribution in [0.4, 0.5) is 26.3 Å². The molecular formula is C29H34F6N4O8. The number of aromatic carboxylic acids is 1. The highest BCUT2D eigenvalue weighted by Crippen LogP contribution is 2.29. The van der Waals surface area contributed by atoms with Crippen molar-refractivity contribution in [2.45, 2.75) is 45.5 Å². The Balaban J connectivity index is 0.000000658. The van der Waals surface area contributed by atoms with Crippen LogP contribution in [0.2, 0.25) is 0 Å². The molecule has 12 nitrogen and oxygen atoms in total. The Morgan fingerprint density at radius 1 is 0.851 bits per heavy atom. The first kappa shape index (κ1) is 40.0. The molecule has 260 valence electrons. The summed E-state index contributed by atoms with van der Waals surface area (Å²) >= 11 is 0. The van der Waals surface area contributed by atoms with Crippen molar-refractivity contribution in [3.8, 4) is 11.5 Å². The number of amidine groups is 2. The Kier molecular flexibility index (Phi) is 15.0. The Hall–Kier alpha value is -5.03. The van der Waals surface area contributed by atoms with Gasteiger partial charge in [-0.3, -0.25) is 10.8 Å². The van der Waals surface area contributed by atoms with E-state index in [2.05, 4.69) is 0 Å². The third-order valence-corrected chi connectivity index (χ3v) is 5.97. The number of nitrogens with one attached hydrogen (secondary N) is 2. The second-order valence-corrected chi connectivity index (χ2v) is 10.2. The number of alkyl halides is 6. The van der Waals surface area contributed by atoms with Crippen molar-refractivity contribution in [3.05, 3.63) is 58.7 Å². The number of halogens is 6. The van der Waals surface area contributed by atoms with Crippen LogP contribution in [0.3, 0.4) is 0 Å². The molecule has 2 aromatic rings. The number of rotatable bonds is 10. The average Bonchev–Trinajstić information content (AvgIpc) is 3.50. The molecule has 0 radical (unpaired) electrons. The lowest BCUT2D eigenvalue weighted by Gasteiger charge is -2.20. The predicted molar refractivity (Wildman–Crippen MR) is 155 cm³/mol. The number of nitrogens with zero attached hydrogens (tertiary/aromatic N) is 1. The van der Waals surface area contributed by atoms with Gasteiger partial charge >= 0.3 is 30.3 Å². The summed E-state index contributed by atoms with van der Waals surface area (Å²) in [6.07, 6.45) is -7.69. The molecular weight excluding hydrogens is 646 g/mol. The summed E-state index contributed by atoms with van der Waals surface area (Å²) in [6.45, 7) is 6.52. The average molecular weight is 681 g/mol. The molecule has 1 saturated heterocycles. The molecule has 0 bridgehead atoms. The van der Waals surface area contributed by atoms with Crippen LogP contribution < -0.4 is 15.2 Å². The van der Waals surface area contributed by atoms with Gasteiger partial charge in [-0.1, -0.05) is 19.9 Å². The van der Waals surface area contributed by atoms with Crippen LogP contribution in [-0.4, -0.2) is 88.5 Å². The molecule has 7 N–H and O–H groups in total. The zero-order chi connectivity index (χ0) is 36.1. The van der Waals surface area contributed by atoms with Crippen LogP contribution in [0.15, 0.2) is 36.4 Å². The minimum Gasteiger partial charge on any atom is -0.489 e. The topological polar surface area (TPSA) is 207 Å². The van der Waals surface area contributed by atoms with E-state index in [-0.39, 0.29) is 18.0 Å². The molecule has 0 spiro atoms. The maximum Gasteiger partial charge on any atom is 0.490 e. The van der Waals surface area contributed by atoms with Crippen LogP contribution in [0.25, 0.3) is 0 Å². The van der Waals surface area contributed by atoms with Crippen LogP contribution in [0, 0.1) is 16.7 Å². The van der Waals surface area contributed by atoms with Gasteiger partial charge in [-0.05, 0) is 54.7 Å². The quantitative estimate of drug-likeness (QED) is 0.112. The van der Waals surface area contributed by atoms with Gasteiger partial charge in [-0.2, -0.15) is 26.3 Å². The lowest BCUT2D eigenvalue weighted by Crippen LogP contribution is -2.28.